The SMILES string of the molecule is CC1(C)O[C@@H](/C=C/c2ccccc2)[C@H]2CCC[C@@H]2O1. The van der Waals surface area contributed by atoms with Crippen LogP contribution in [0, 0.1) is 5.92 Å². The summed E-state index contributed by atoms with van der Waals surface area (Å²) in [6, 6.07) is 10.4. The van der Waals surface area contributed by atoms with E-state index in [0.717, 1.165) is 0 Å². The van der Waals surface area contributed by atoms with Crippen molar-refractivity contribution in [3.63, 3.8) is 0 Å². The Balaban J connectivity index is 1.76. The summed E-state index contributed by atoms with van der Waals surface area (Å²) in [4.78, 5) is 0. The Bertz CT molecular complexity index is 450. The molecule has 2 heteroatoms. The largest absolute Gasteiger partial charge is 0.347 e. The van der Waals surface area contributed by atoms with Crippen LogP contribution in [0.15, 0.2) is 36.4 Å². The third-order valence-electron chi connectivity index (χ3n) is 4.06. The van der Waals surface area contributed by atoms with E-state index in [0.29, 0.717) is 12.0 Å². The van der Waals surface area contributed by atoms with Gasteiger partial charge in [-0.2, -0.15) is 0 Å². The standard InChI is InChI=1S/C17H22O2/c1-17(2)18-15-10-6-9-14(15)16(19-17)12-11-13-7-4-3-5-8-13/h3-5,7-8,11-12,14-16H,6,9-10H2,1-2H3/b12-11+/t14-,15-,16-/m0/s1. The zero-order chi connectivity index (χ0) is 13.3. The molecule has 1 aromatic carbocycles. The molecule has 1 heterocycles. The highest BCUT2D eigenvalue weighted by Gasteiger charge is 2.44. The van der Waals surface area contributed by atoms with Gasteiger partial charge in [-0.05, 0) is 32.3 Å². The second-order valence-electron chi connectivity index (χ2n) is 6.00. The van der Waals surface area contributed by atoms with Gasteiger partial charge in [0.25, 0.3) is 0 Å². The predicted octanol–water partition coefficient (Wildman–Crippen LogP) is 4.02. The quantitative estimate of drug-likeness (QED) is 0.797. The molecule has 0 amide bonds. The normalized spacial score (nSPS) is 33.5. The molecule has 0 bridgehead atoms. The van der Waals surface area contributed by atoms with Crippen molar-refractivity contribution in [2.75, 3.05) is 0 Å². The minimum Gasteiger partial charge on any atom is -0.347 e. The van der Waals surface area contributed by atoms with Gasteiger partial charge in [-0.1, -0.05) is 48.9 Å². The van der Waals surface area contributed by atoms with E-state index in [1.807, 2.05) is 19.9 Å². The summed E-state index contributed by atoms with van der Waals surface area (Å²) in [5.41, 5.74) is 1.23. The van der Waals surface area contributed by atoms with Crippen molar-refractivity contribution in [1.82, 2.24) is 0 Å². The summed E-state index contributed by atoms with van der Waals surface area (Å²) in [6.45, 7) is 4.04. The summed E-state index contributed by atoms with van der Waals surface area (Å²) >= 11 is 0. The van der Waals surface area contributed by atoms with Gasteiger partial charge in [0, 0.05) is 5.92 Å². The molecule has 19 heavy (non-hydrogen) atoms. The average molecular weight is 258 g/mol. The Labute approximate surface area is 115 Å². The molecule has 0 radical (unpaired) electrons. The van der Waals surface area contributed by atoms with Crippen LogP contribution in [-0.2, 0) is 9.47 Å². The van der Waals surface area contributed by atoms with E-state index in [4.69, 9.17) is 9.47 Å². The average Bonchev–Trinajstić information content (AvgIpc) is 2.83. The van der Waals surface area contributed by atoms with Crippen LogP contribution in [-0.4, -0.2) is 18.0 Å². The fourth-order valence-electron chi connectivity index (χ4n) is 3.24. The molecule has 0 spiro atoms. The highest BCUT2D eigenvalue weighted by molar-refractivity contribution is 5.49. The fourth-order valence-corrected chi connectivity index (χ4v) is 3.24. The van der Waals surface area contributed by atoms with Gasteiger partial charge in [0.1, 0.15) is 0 Å². The number of hydrogen-bond acceptors (Lipinski definition) is 2. The van der Waals surface area contributed by atoms with Crippen molar-refractivity contribution in [2.45, 2.75) is 51.1 Å². The third kappa shape index (κ3) is 2.90. The van der Waals surface area contributed by atoms with E-state index in [2.05, 4.69) is 36.4 Å². The molecule has 3 rings (SSSR count). The first-order valence-electron chi connectivity index (χ1n) is 7.23. The van der Waals surface area contributed by atoms with Crippen LogP contribution in [0.1, 0.15) is 38.7 Å². The van der Waals surface area contributed by atoms with Gasteiger partial charge < -0.3 is 9.47 Å². The van der Waals surface area contributed by atoms with Gasteiger partial charge >= 0.3 is 0 Å². The van der Waals surface area contributed by atoms with Crippen LogP contribution in [0.4, 0.5) is 0 Å². The van der Waals surface area contributed by atoms with E-state index < -0.39 is 5.79 Å². The van der Waals surface area contributed by atoms with Crippen molar-refractivity contribution in [1.29, 1.82) is 0 Å². The second kappa shape index (κ2) is 5.10. The molecule has 0 aromatic heterocycles. The van der Waals surface area contributed by atoms with Gasteiger partial charge in [0.05, 0.1) is 12.2 Å². The van der Waals surface area contributed by atoms with Crippen LogP contribution in [0.25, 0.3) is 6.08 Å². The van der Waals surface area contributed by atoms with Gasteiger partial charge in [-0.25, -0.2) is 0 Å². The Kier molecular flexibility index (Phi) is 3.46. The molecule has 2 fully saturated rings. The van der Waals surface area contributed by atoms with Crippen molar-refractivity contribution in [3.05, 3.63) is 42.0 Å². The predicted molar refractivity (Wildman–Crippen MR) is 76.6 cm³/mol. The van der Waals surface area contributed by atoms with Crippen LogP contribution in [0.2, 0.25) is 0 Å². The summed E-state index contributed by atoms with van der Waals surface area (Å²) in [6.07, 6.45) is 8.57. The van der Waals surface area contributed by atoms with E-state index in [1.165, 1.54) is 24.8 Å². The molecule has 0 N–H and O–H groups in total. The first-order valence-corrected chi connectivity index (χ1v) is 7.23. The minimum absolute atomic E-state index is 0.177. The maximum Gasteiger partial charge on any atom is 0.163 e. The molecule has 2 nitrogen and oxygen atoms in total. The number of benzene rings is 1. The lowest BCUT2D eigenvalue weighted by atomic mass is 9.95. The zero-order valence-electron chi connectivity index (χ0n) is 11.7. The Morgan fingerprint density at radius 3 is 2.68 bits per heavy atom. The smallest absolute Gasteiger partial charge is 0.163 e. The zero-order valence-corrected chi connectivity index (χ0v) is 11.7. The molecule has 102 valence electrons. The molecule has 2 aliphatic rings. The van der Waals surface area contributed by atoms with E-state index >= 15 is 0 Å². The number of fused-ring (bicyclic) bond motifs is 1. The maximum absolute atomic E-state index is 6.10. The maximum atomic E-state index is 6.10. The van der Waals surface area contributed by atoms with Crippen molar-refractivity contribution >= 4 is 6.08 Å². The van der Waals surface area contributed by atoms with Gasteiger partial charge in [0.15, 0.2) is 5.79 Å². The van der Waals surface area contributed by atoms with Gasteiger partial charge in [0.2, 0.25) is 0 Å². The number of rotatable bonds is 2. The molecule has 1 aliphatic heterocycles. The molecule has 1 aliphatic carbocycles. The Morgan fingerprint density at radius 2 is 1.89 bits per heavy atom. The molecule has 1 saturated heterocycles. The van der Waals surface area contributed by atoms with Gasteiger partial charge in [-0.3, -0.25) is 0 Å². The Morgan fingerprint density at radius 1 is 1.11 bits per heavy atom. The topological polar surface area (TPSA) is 18.5 Å². The first kappa shape index (κ1) is 12.9. The van der Waals surface area contributed by atoms with Crippen molar-refractivity contribution < 1.29 is 9.47 Å². The first-order chi connectivity index (χ1) is 9.14. The molecule has 3 atom stereocenters. The molecular weight excluding hydrogens is 236 g/mol. The fraction of sp³-hybridized carbons (Fsp3) is 0.529. The molecular formula is C17H22O2. The van der Waals surface area contributed by atoms with Crippen LogP contribution < -0.4 is 0 Å². The summed E-state index contributed by atoms with van der Waals surface area (Å²) < 4.78 is 12.1. The van der Waals surface area contributed by atoms with Crippen LogP contribution >= 0.6 is 0 Å². The Hall–Kier alpha value is -1.12. The summed E-state index contributed by atoms with van der Waals surface area (Å²) in [5.74, 6) is 0.0602. The van der Waals surface area contributed by atoms with Crippen LogP contribution in [0.5, 0.6) is 0 Å². The number of ether oxygens (including phenoxy) is 2. The van der Waals surface area contributed by atoms with E-state index in [9.17, 15) is 0 Å². The molecule has 0 unspecified atom stereocenters. The number of hydrogen-bond donors (Lipinski definition) is 0. The van der Waals surface area contributed by atoms with Gasteiger partial charge in [-0.15, -0.1) is 0 Å². The third-order valence-corrected chi connectivity index (χ3v) is 4.06. The van der Waals surface area contributed by atoms with Crippen LogP contribution in [0.3, 0.4) is 0 Å². The monoisotopic (exact) mass is 258 g/mol. The van der Waals surface area contributed by atoms with Crippen molar-refractivity contribution in [3.8, 4) is 0 Å². The lowest BCUT2D eigenvalue weighted by Gasteiger charge is -2.42. The lowest BCUT2D eigenvalue weighted by molar-refractivity contribution is -0.305. The van der Waals surface area contributed by atoms with E-state index in [1.54, 1.807) is 0 Å². The summed E-state index contributed by atoms with van der Waals surface area (Å²) in [5, 5.41) is 0. The molecule has 1 aromatic rings. The minimum atomic E-state index is -0.461. The highest BCUT2D eigenvalue weighted by Crippen LogP contribution is 2.41. The second-order valence-corrected chi connectivity index (χ2v) is 6.00. The lowest BCUT2D eigenvalue weighted by Crippen LogP contribution is -2.48. The highest BCUT2D eigenvalue weighted by atomic mass is 16.7. The molecule has 1 saturated carbocycles. The van der Waals surface area contributed by atoms with Crippen molar-refractivity contribution in [2.24, 2.45) is 5.92 Å². The van der Waals surface area contributed by atoms with E-state index in [-0.39, 0.29) is 6.10 Å². The summed E-state index contributed by atoms with van der Waals surface area (Å²) in [7, 11) is 0.